The Balaban J connectivity index is 1.18. The molecule has 4 fully saturated rings. The van der Waals surface area contributed by atoms with Crippen LogP contribution in [-0.2, 0) is 14.9 Å². The van der Waals surface area contributed by atoms with Crippen LogP contribution in [0, 0.1) is 23.7 Å². The number of carbonyl (C=O) groups excluding carboxylic acids is 1. The number of aliphatic imine (C=N–C) groups is 1. The van der Waals surface area contributed by atoms with Gasteiger partial charge in [0.2, 0.25) is 0 Å². The molecule has 9 heteroatoms. The van der Waals surface area contributed by atoms with Gasteiger partial charge >= 0.3 is 16.2 Å². The summed E-state index contributed by atoms with van der Waals surface area (Å²) < 4.78 is 35.8. The van der Waals surface area contributed by atoms with Gasteiger partial charge in [0.15, 0.2) is 5.90 Å². The lowest BCUT2D eigenvalue weighted by atomic mass is 9.67. The molecule has 2 amide bonds. The third-order valence-corrected chi connectivity index (χ3v) is 9.33. The molecule has 168 valence electrons. The number of rotatable bonds is 4. The minimum Gasteiger partial charge on any atom is -0.476 e. The zero-order chi connectivity index (χ0) is 20.9. The van der Waals surface area contributed by atoms with E-state index >= 15 is 0 Å². The molecule has 0 saturated heterocycles. The van der Waals surface area contributed by atoms with Crippen LogP contribution in [-0.4, -0.2) is 44.6 Å². The summed E-state index contributed by atoms with van der Waals surface area (Å²) in [5.74, 6) is 3.07. The van der Waals surface area contributed by atoms with Crippen LogP contribution in [0.2, 0.25) is 0 Å². The second-order valence-electron chi connectivity index (χ2n) is 10.0. The number of fused-ring (bicyclic) bond motifs is 3. The van der Waals surface area contributed by atoms with Crippen molar-refractivity contribution in [3.05, 3.63) is 0 Å². The third kappa shape index (κ3) is 4.07. The Bertz CT molecular complexity index is 796. The number of hydrogen-bond acceptors (Lipinski definition) is 5. The van der Waals surface area contributed by atoms with Crippen molar-refractivity contribution < 1.29 is 17.9 Å². The van der Waals surface area contributed by atoms with Crippen LogP contribution in [0.15, 0.2) is 4.99 Å². The highest BCUT2D eigenvalue weighted by atomic mass is 32.2. The molecule has 1 aliphatic heterocycles. The van der Waals surface area contributed by atoms with Gasteiger partial charge in [-0.05, 0) is 62.2 Å². The molecule has 5 rings (SSSR count). The Morgan fingerprint density at radius 1 is 1.00 bits per heavy atom. The van der Waals surface area contributed by atoms with Crippen LogP contribution in [0.25, 0.3) is 0 Å². The molecule has 7 atom stereocenters. The Morgan fingerprint density at radius 2 is 1.70 bits per heavy atom. The summed E-state index contributed by atoms with van der Waals surface area (Å²) in [7, 11) is -3.92. The Labute approximate surface area is 179 Å². The number of hydrogen-bond donors (Lipinski definition) is 3. The SMILES string of the molecule is CC1=NC2CC(NS(=O)(=O)NC(=O)NC3C4CCCC4CC4CCCC43)CCC2O1. The van der Waals surface area contributed by atoms with Gasteiger partial charge in [0.1, 0.15) is 6.10 Å². The van der Waals surface area contributed by atoms with Crippen LogP contribution < -0.4 is 14.8 Å². The second kappa shape index (κ2) is 7.97. The largest absolute Gasteiger partial charge is 0.476 e. The van der Waals surface area contributed by atoms with E-state index in [-0.39, 0.29) is 24.2 Å². The summed E-state index contributed by atoms with van der Waals surface area (Å²) in [6, 6.07) is -0.709. The first-order valence-electron chi connectivity index (χ1n) is 11.7. The van der Waals surface area contributed by atoms with Gasteiger partial charge in [-0.15, -0.1) is 0 Å². The van der Waals surface area contributed by atoms with E-state index in [4.69, 9.17) is 4.74 Å². The van der Waals surface area contributed by atoms with E-state index in [1.165, 1.54) is 32.1 Å². The summed E-state index contributed by atoms with van der Waals surface area (Å²) in [6.45, 7) is 1.83. The zero-order valence-electron chi connectivity index (χ0n) is 17.7. The Hall–Kier alpha value is -1.35. The van der Waals surface area contributed by atoms with E-state index in [1.54, 1.807) is 0 Å². The number of ether oxygens (including phenoxy) is 1. The Kier molecular flexibility index (Phi) is 5.46. The highest BCUT2D eigenvalue weighted by Crippen LogP contribution is 2.52. The standard InChI is InChI=1S/C21H34N4O4S/c1-12-22-18-11-15(8-9-19(18)29-12)24-30(27,28)25-21(26)23-20-16-6-2-4-13(16)10-14-5-3-7-17(14)20/h13-20,24H,2-11H2,1H3,(H2,23,25,26). The lowest BCUT2D eigenvalue weighted by molar-refractivity contribution is 0.106. The summed E-state index contributed by atoms with van der Waals surface area (Å²) in [4.78, 5) is 17.1. The van der Waals surface area contributed by atoms with Gasteiger partial charge in [-0.25, -0.2) is 14.5 Å². The van der Waals surface area contributed by atoms with E-state index in [1.807, 2.05) is 6.92 Å². The molecular weight excluding hydrogens is 404 g/mol. The van der Waals surface area contributed by atoms with Gasteiger partial charge in [0.25, 0.3) is 0 Å². The normalized spacial score (nSPS) is 42.5. The molecular formula is C21H34N4O4S. The topological polar surface area (TPSA) is 109 Å². The smallest absolute Gasteiger partial charge is 0.329 e. The van der Waals surface area contributed by atoms with Crippen LogP contribution in [0.3, 0.4) is 0 Å². The van der Waals surface area contributed by atoms with E-state index < -0.39 is 16.2 Å². The monoisotopic (exact) mass is 438 g/mol. The van der Waals surface area contributed by atoms with Gasteiger partial charge in [-0.2, -0.15) is 13.1 Å². The molecule has 4 saturated carbocycles. The maximum absolute atomic E-state index is 12.7. The molecule has 0 aromatic carbocycles. The lowest BCUT2D eigenvalue weighted by Crippen LogP contribution is -2.56. The lowest BCUT2D eigenvalue weighted by Gasteiger charge is -2.42. The van der Waals surface area contributed by atoms with E-state index in [0.717, 1.165) is 19.3 Å². The maximum Gasteiger partial charge on any atom is 0.329 e. The molecule has 7 unspecified atom stereocenters. The second-order valence-corrected chi connectivity index (χ2v) is 11.5. The Morgan fingerprint density at radius 3 is 2.40 bits per heavy atom. The number of nitrogens with zero attached hydrogens (tertiary/aromatic N) is 1. The van der Waals surface area contributed by atoms with Crippen molar-refractivity contribution >= 4 is 22.1 Å². The highest BCUT2D eigenvalue weighted by Gasteiger charge is 2.48. The summed E-state index contributed by atoms with van der Waals surface area (Å²) >= 11 is 0. The predicted molar refractivity (Wildman–Crippen MR) is 113 cm³/mol. The van der Waals surface area contributed by atoms with E-state index in [2.05, 4.69) is 19.8 Å². The summed E-state index contributed by atoms with van der Waals surface area (Å²) in [5, 5.41) is 3.09. The average molecular weight is 439 g/mol. The molecule has 5 aliphatic rings. The summed E-state index contributed by atoms with van der Waals surface area (Å²) in [6.07, 6.45) is 10.7. The van der Waals surface area contributed by atoms with E-state index in [9.17, 15) is 13.2 Å². The van der Waals surface area contributed by atoms with Crippen molar-refractivity contribution in [2.24, 2.45) is 28.7 Å². The first-order chi connectivity index (χ1) is 14.4. The van der Waals surface area contributed by atoms with Crippen molar-refractivity contribution in [2.75, 3.05) is 0 Å². The fourth-order valence-corrected chi connectivity index (χ4v) is 8.13. The van der Waals surface area contributed by atoms with Crippen LogP contribution >= 0.6 is 0 Å². The maximum atomic E-state index is 12.7. The number of amides is 2. The molecule has 8 nitrogen and oxygen atoms in total. The molecule has 4 aliphatic carbocycles. The van der Waals surface area contributed by atoms with Crippen molar-refractivity contribution in [3.8, 4) is 0 Å². The molecule has 0 aromatic rings. The molecule has 3 N–H and O–H groups in total. The van der Waals surface area contributed by atoms with Crippen LogP contribution in [0.5, 0.6) is 0 Å². The van der Waals surface area contributed by atoms with Gasteiger partial charge in [-0.1, -0.05) is 25.7 Å². The number of urea groups is 1. The predicted octanol–water partition coefficient (Wildman–Crippen LogP) is 2.46. The van der Waals surface area contributed by atoms with Crippen molar-refractivity contribution in [3.63, 3.8) is 0 Å². The first kappa shape index (κ1) is 20.5. The molecule has 0 spiro atoms. The molecule has 0 radical (unpaired) electrons. The van der Waals surface area contributed by atoms with Crippen molar-refractivity contribution in [1.82, 2.24) is 14.8 Å². The molecule has 0 aromatic heterocycles. The molecule has 30 heavy (non-hydrogen) atoms. The minimum absolute atomic E-state index is 0.00103. The first-order valence-corrected chi connectivity index (χ1v) is 13.2. The quantitative estimate of drug-likeness (QED) is 0.626. The van der Waals surface area contributed by atoms with Crippen LogP contribution in [0.4, 0.5) is 4.79 Å². The van der Waals surface area contributed by atoms with Crippen molar-refractivity contribution in [1.29, 1.82) is 0 Å². The van der Waals surface area contributed by atoms with Crippen molar-refractivity contribution in [2.45, 2.75) is 95.4 Å². The average Bonchev–Trinajstić information content (AvgIpc) is 3.38. The number of carbonyl (C=O) groups is 1. The van der Waals surface area contributed by atoms with E-state index in [0.29, 0.717) is 42.4 Å². The third-order valence-electron chi connectivity index (χ3n) is 8.23. The zero-order valence-corrected chi connectivity index (χ0v) is 18.5. The molecule has 1 heterocycles. The van der Waals surface area contributed by atoms with Gasteiger partial charge in [0.05, 0.1) is 6.04 Å². The van der Waals surface area contributed by atoms with Crippen LogP contribution in [0.1, 0.15) is 71.1 Å². The highest BCUT2D eigenvalue weighted by molar-refractivity contribution is 7.88. The van der Waals surface area contributed by atoms with Gasteiger partial charge in [0, 0.05) is 19.0 Å². The molecule has 0 bridgehead atoms. The minimum atomic E-state index is -3.92. The fraction of sp³-hybridized carbons (Fsp3) is 0.905. The van der Waals surface area contributed by atoms with Gasteiger partial charge < -0.3 is 10.1 Å². The summed E-state index contributed by atoms with van der Waals surface area (Å²) in [5.41, 5.74) is 0. The number of nitrogens with one attached hydrogen (secondary N) is 3. The fourth-order valence-electron chi connectivity index (χ4n) is 7.12. The van der Waals surface area contributed by atoms with Gasteiger partial charge in [-0.3, -0.25) is 0 Å².